The van der Waals surface area contributed by atoms with E-state index >= 15 is 0 Å². The number of rotatable bonds is 9. The van der Waals surface area contributed by atoms with E-state index in [-0.39, 0.29) is 19.1 Å². The van der Waals surface area contributed by atoms with Gasteiger partial charge in [-0.1, -0.05) is 26.7 Å². The predicted octanol–water partition coefficient (Wildman–Crippen LogP) is 2.15. The number of nitrogens with one attached hydrogen (secondary N) is 1. The molecule has 1 aromatic rings. The van der Waals surface area contributed by atoms with E-state index in [1.165, 1.54) is 0 Å². The minimum Gasteiger partial charge on any atom is -0.449 e. The molecule has 1 fully saturated rings. The molecule has 0 radical (unpaired) electrons. The van der Waals surface area contributed by atoms with Crippen molar-refractivity contribution < 1.29 is 28.5 Å². The molecular weight excluding hydrogens is 361 g/mol. The van der Waals surface area contributed by atoms with Gasteiger partial charge in [-0.15, -0.1) is 0 Å². The lowest BCUT2D eigenvalue weighted by atomic mass is 10.1. The van der Waals surface area contributed by atoms with Crippen LogP contribution in [0.25, 0.3) is 0 Å². The Morgan fingerprint density at radius 3 is 2.93 bits per heavy atom. The molecule has 0 aromatic carbocycles. The Balaban J connectivity index is 2.04. The van der Waals surface area contributed by atoms with Crippen molar-refractivity contribution in [2.45, 2.75) is 64.4 Å². The van der Waals surface area contributed by atoms with Gasteiger partial charge in [-0.25, -0.2) is 14.0 Å². The molecule has 2 N–H and O–H groups in total. The Labute approximate surface area is 156 Å². The number of hydrogen-bond acceptors (Lipinski definition) is 7. The average molecular weight is 387 g/mol. The number of carbonyl (C=O) groups excluding carboxylic acids is 1. The Kier molecular flexibility index (Phi) is 8.14. The normalized spacial score (nSPS) is 22.0. The Bertz CT molecular complexity index is 683. The smallest absolute Gasteiger partial charge is 0.412 e. The van der Waals surface area contributed by atoms with E-state index in [1.54, 1.807) is 0 Å². The summed E-state index contributed by atoms with van der Waals surface area (Å²) < 4.78 is 31.1. The van der Waals surface area contributed by atoms with E-state index in [1.807, 2.05) is 13.8 Å². The van der Waals surface area contributed by atoms with E-state index in [9.17, 15) is 14.0 Å². The minimum absolute atomic E-state index is 0.207. The highest BCUT2D eigenvalue weighted by Crippen LogP contribution is 2.31. The van der Waals surface area contributed by atoms with Gasteiger partial charge in [0.05, 0.1) is 25.0 Å². The fourth-order valence-corrected chi connectivity index (χ4v) is 2.89. The van der Waals surface area contributed by atoms with Crippen molar-refractivity contribution in [2.24, 2.45) is 0 Å². The number of carbonyl (C=O) groups is 1. The second-order valence-electron chi connectivity index (χ2n) is 6.20. The quantitative estimate of drug-likeness (QED) is 0.493. The van der Waals surface area contributed by atoms with Gasteiger partial charge in [0.2, 0.25) is 0 Å². The van der Waals surface area contributed by atoms with E-state index in [4.69, 9.17) is 19.3 Å². The summed E-state index contributed by atoms with van der Waals surface area (Å²) in [6.07, 6.45) is 2.04. The van der Waals surface area contributed by atoms with Crippen molar-refractivity contribution in [1.29, 1.82) is 0 Å². The topological polar surface area (TPSA) is 112 Å². The van der Waals surface area contributed by atoms with Gasteiger partial charge in [0.15, 0.2) is 11.6 Å². The number of anilines is 1. The van der Waals surface area contributed by atoms with Crippen LogP contribution in [0.5, 0.6) is 0 Å². The zero-order valence-electron chi connectivity index (χ0n) is 15.5. The van der Waals surface area contributed by atoms with E-state index in [0.717, 1.165) is 23.6 Å². The summed E-state index contributed by atoms with van der Waals surface area (Å²) >= 11 is 0. The Morgan fingerprint density at radius 1 is 1.48 bits per heavy atom. The molecule has 3 atom stereocenters. The monoisotopic (exact) mass is 387 g/mol. The molecule has 152 valence electrons. The first kappa shape index (κ1) is 21.3. The first-order valence-corrected chi connectivity index (χ1v) is 9.10. The maximum Gasteiger partial charge on any atom is 0.412 e. The zero-order chi connectivity index (χ0) is 19.8. The Morgan fingerprint density at radius 2 is 2.26 bits per heavy atom. The van der Waals surface area contributed by atoms with Gasteiger partial charge in [-0.2, -0.15) is 4.98 Å². The fourth-order valence-electron chi connectivity index (χ4n) is 2.89. The van der Waals surface area contributed by atoms with Crippen LogP contribution in [0.1, 0.15) is 52.2 Å². The molecule has 1 aromatic heterocycles. The molecule has 27 heavy (non-hydrogen) atoms. The van der Waals surface area contributed by atoms with Crippen LogP contribution in [0.3, 0.4) is 0 Å². The maximum atomic E-state index is 14.3. The SMILES string of the molecule is CCCCCOC(=O)Nc1nc(=O)n([C@H]2C[C@H](OCO)[C@@H](CC)O2)cc1F. The van der Waals surface area contributed by atoms with Gasteiger partial charge in [-0.3, -0.25) is 9.88 Å². The standard InChI is InChI=1S/C17H26FN3O6/c1-3-5-6-7-25-17(24)20-15-11(18)9-21(16(23)19-15)14-8-13(26-10-22)12(4-2)27-14/h9,12-14,22H,3-8,10H2,1-2H3,(H,19,20,23,24)/t12-,13+,14-/m1/s1. The highest BCUT2D eigenvalue weighted by molar-refractivity contribution is 5.83. The van der Waals surface area contributed by atoms with E-state index in [2.05, 4.69) is 10.3 Å². The van der Waals surface area contributed by atoms with E-state index in [0.29, 0.717) is 12.8 Å². The third-order valence-electron chi connectivity index (χ3n) is 4.29. The number of hydrogen-bond donors (Lipinski definition) is 2. The third kappa shape index (κ3) is 5.72. The molecule has 2 rings (SSSR count). The largest absolute Gasteiger partial charge is 0.449 e. The number of nitrogens with zero attached hydrogens (tertiary/aromatic N) is 2. The van der Waals surface area contributed by atoms with Crippen LogP contribution in [0.2, 0.25) is 0 Å². The minimum atomic E-state index is -0.886. The fraction of sp³-hybridized carbons (Fsp3) is 0.706. The molecule has 0 spiro atoms. The highest BCUT2D eigenvalue weighted by atomic mass is 19.1. The molecule has 1 aliphatic rings. The number of aromatic nitrogens is 2. The predicted molar refractivity (Wildman–Crippen MR) is 93.7 cm³/mol. The number of halogens is 1. The van der Waals surface area contributed by atoms with Gasteiger partial charge in [0.1, 0.15) is 13.0 Å². The van der Waals surface area contributed by atoms with Crippen LogP contribution < -0.4 is 11.0 Å². The van der Waals surface area contributed by atoms with Gasteiger partial charge >= 0.3 is 11.8 Å². The van der Waals surface area contributed by atoms with Crippen molar-refractivity contribution >= 4 is 11.9 Å². The summed E-state index contributed by atoms with van der Waals surface area (Å²) in [5.41, 5.74) is -0.776. The van der Waals surface area contributed by atoms with Gasteiger partial charge in [0.25, 0.3) is 0 Å². The number of aliphatic hydroxyl groups is 1. The van der Waals surface area contributed by atoms with Crippen LogP contribution in [0, 0.1) is 5.82 Å². The maximum absolute atomic E-state index is 14.3. The van der Waals surface area contributed by atoms with Crippen molar-refractivity contribution in [3.63, 3.8) is 0 Å². The molecule has 0 saturated carbocycles. The summed E-state index contributed by atoms with van der Waals surface area (Å²) in [6, 6.07) is 0. The highest BCUT2D eigenvalue weighted by Gasteiger charge is 2.36. The summed E-state index contributed by atoms with van der Waals surface area (Å²) in [5, 5.41) is 11.1. The van der Waals surface area contributed by atoms with Gasteiger partial charge in [0, 0.05) is 6.42 Å². The molecule has 1 aliphatic heterocycles. The number of unbranched alkanes of at least 4 members (excludes halogenated alkanes) is 2. The summed E-state index contributed by atoms with van der Waals surface area (Å²) in [6.45, 7) is 3.63. The number of ether oxygens (including phenoxy) is 3. The lowest BCUT2D eigenvalue weighted by molar-refractivity contribution is -0.0840. The number of aliphatic hydroxyl groups excluding tert-OH is 1. The van der Waals surface area contributed by atoms with Crippen molar-refractivity contribution in [3.8, 4) is 0 Å². The van der Waals surface area contributed by atoms with Crippen LogP contribution in [-0.2, 0) is 14.2 Å². The van der Waals surface area contributed by atoms with Crippen LogP contribution >= 0.6 is 0 Å². The molecular formula is C17H26FN3O6. The van der Waals surface area contributed by atoms with Gasteiger partial charge < -0.3 is 19.3 Å². The first-order valence-electron chi connectivity index (χ1n) is 9.10. The Hall–Kier alpha value is -2.04. The lowest BCUT2D eigenvalue weighted by Crippen LogP contribution is -2.29. The summed E-state index contributed by atoms with van der Waals surface area (Å²) in [4.78, 5) is 27.5. The van der Waals surface area contributed by atoms with Crippen LogP contribution in [-0.4, -0.2) is 46.4 Å². The molecule has 1 amide bonds. The van der Waals surface area contributed by atoms with Crippen molar-refractivity contribution in [2.75, 3.05) is 18.7 Å². The molecule has 10 heteroatoms. The van der Waals surface area contributed by atoms with Crippen LogP contribution in [0.15, 0.2) is 11.0 Å². The molecule has 0 unspecified atom stereocenters. The number of amides is 1. The van der Waals surface area contributed by atoms with Crippen LogP contribution in [0.4, 0.5) is 15.0 Å². The third-order valence-corrected chi connectivity index (χ3v) is 4.29. The second-order valence-corrected chi connectivity index (χ2v) is 6.20. The second kappa shape index (κ2) is 10.3. The van der Waals surface area contributed by atoms with Crippen molar-refractivity contribution in [3.05, 3.63) is 22.5 Å². The van der Waals surface area contributed by atoms with Crippen molar-refractivity contribution in [1.82, 2.24) is 9.55 Å². The molecule has 1 saturated heterocycles. The van der Waals surface area contributed by atoms with Gasteiger partial charge in [-0.05, 0) is 12.8 Å². The van der Waals surface area contributed by atoms with E-state index < -0.39 is 42.5 Å². The average Bonchev–Trinajstić information content (AvgIpc) is 3.04. The molecule has 9 nitrogen and oxygen atoms in total. The molecule has 2 heterocycles. The zero-order valence-corrected chi connectivity index (χ0v) is 15.5. The lowest BCUT2D eigenvalue weighted by Gasteiger charge is -2.16. The summed E-state index contributed by atoms with van der Waals surface area (Å²) in [5.74, 6) is -1.38. The summed E-state index contributed by atoms with van der Waals surface area (Å²) in [7, 11) is 0. The molecule has 0 bridgehead atoms. The molecule has 0 aliphatic carbocycles. The first-order chi connectivity index (χ1) is 13.0.